The Morgan fingerprint density at radius 3 is 1.06 bits per heavy atom. The smallest absolute Gasteiger partial charge is 0.482 e. The van der Waals surface area contributed by atoms with Crippen molar-refractivity contribution in [2.24, 2.45) is 5.73 Å². The maximum atomic E-state index is 13.1. The monoisotopic (exact) mass is 2020 g/mol. The molecule has 9 N–H and O–H groups in total. The molecule has 0 unspecified atom stereocenters. The van der Waals surface area contributed by atoms with Crippen LogP contribution < -0.4 is 57.2 Å². The summed E-state index contributed by atoms with van der Waals surface area (Å²) in [5, 5.41) is 18.8. The van der Waals surface area contributed by atoms with Gasteiger partial charge in [0.1, 0.15) is 45.3 Å². The average molecular weight is 2020 g/mol. The van der Waals surface area contributed by atoms with Gasteiger partial charge in [-0.2, -0.15) is 39.5 Å². The van der Waals surface area contributed by atoms with Gasteiger partial charge in [0, 0.05) is 170 Å². The Bertz CT molecular complexity index is 5010. The minimum absolute atomic E-state index is 0. The predicted molar refractivity (Wildman–Crippen MR) is 541 cm³/mol. The molecule has 0 atom stereocenters. The molecule has 6 aromatic rings. The van der Waals surface area contributed by atoms with E-state index in [-0.39, 0.29) is 83.1 Å². The summed E-state index contributed by atoms with van der Waals surface area (Å²) in [5.41, 5.74) is 13.7. The zero-order chi connectivity index (χ0) is 104. The Labute approximate surface area is 838 Å². The molecule has 6 aliphatic rings. The molecule has 143 heavy (non-hydrogen) atoms. The lowest BCUT2D eigenvalue weighted by atomic mass is 9.83. The van der Waals surface area contributed by atoms with Crippen molar-refractivity contribution in [3.05, 3.63) is 214 Å². The molecule has 37 heteroatoms. The van der Waals surface area contributed by atoms with Gasteiger partial charge >= 0.3 is 48.5 Å². The number of nitrogens with two attached hydrogens (primary N) is 1. The van der Waals surface area contributed by atoms with Crippen molar-refractivity contribution in [2.75, 3.05) is 172 Å². The number of para-hydroxylation sites is 3. The maximum Gasteiger partial charge on any atom is 0.490 e. The minimum atomic E-state index is -4.97. The molecule has 6 heterocycles. The number of nitrogens with one attached hydrogen (secondary N) is 7. The zero-order valence-corrected chi connectivity index (χ0v) is 84.1. The topological polar surface area (TPSA) is 328 Å². The van der Waals surface area contributed by atoms with E-state index in [0.717, 1.165) is 146 Å². The lowest BCUT2D eigenvalue weighted by Gasteiger charge is -2.43. The molecule has 0 bridgehead atoms. The lowest BCUT2D eigenvalue weighted by molar-refractivity contribution is -0.199. The number of benzene rings is 6. The van der Waals surface area contributed by atoms with Crippen LogP contribution in [-0.2, 0) is 33.3 Å². The normalized spacial score (nSPS) is 15.0. The van der Waals surface area contributed by atoms with Crippen LogP contribution in [0.3, 0.4) is 0 Å². The molecular weight excluding hydrogens is 1870 g/mol. The average Bonchev–Trinajstić information content (AvgIpc) is 0.759. The van der Waals surface area contributed by atoms with E-state index in [1.54, 1.807) is 39.5 Å². The first-order valence-corrected chi connectivity index (χ1v) is 47.9. The molecule has 7 amide bonds. The number of fused-ring (bicyclic) bond motifs is 3. The van der Waals surface area contributed by atoms with E-state index >= 15 is 0 Å². The fourth-order valence-electron chi connectivity index (χ4n) is 15.2. The summed E-state index contributed by atoms with van der Waals surface area (Å²) in [4.78, 5) is 103. The Morgan fingerprint density at radius 1 is 0.420 bits per heavy atom. The molecule has 28 nitrogen and oxygen atoms in total. The van der Waals surface area contributed by atoms with Crippen LogP contribution in [-0.4, -0.2) is 291 Å². The number of halogens is 9. The van der Waals surface area contributed by atoms with Crippen LogP contribution in [0.25, 0.3) is 16.7 Å². The lowest BCUT2D eigenvalue weighted by Crippen LogP contribution is -2.50. The first-order chi connectivity index (χ1) is 66.6. The predicted octanol–water partition coefficient (Wildman–Crippen LogP) is 17.0. The third-order valence-corrected chi connectivity index (χ3v) is 22.3. The number of hydrogen-bond donors (Lipinski definition) is 8. The highest BCUT2D eigenvalue weighted by Crippen LogP contribution is 2.47. The molecule has 6 aliphatic heterocycles. The van der Waals surface area contributed by atoms with Crippen LogP contribution in [0, 0.1) is 0 Å². The second-order valence-corrected chi connectivity index (χ2v) is 36.3. The van der Waals surface area contributed by atoms with Crippen LogP contribution in [0.5, 0.6) is 17.2 Å². The van der Waals surface area contributed by atoms with E-state index in [1.165, 1.54) is 17.4 Å². The molecule has 12 rings (SSSR count). The van der Waals surface area contributed by atoms with Crippen molar-refractivity contribution in [3.63, 3.8) is 0 Å². The molecule has 0 radical (unpaired) electrons. The van der Waals surface area contributed by atoms with E-state index in [9.17, 15) is 77.9 Å². The second kappa shape index (κ2) is 59.6. The number of likely N-dealkylation sites (N-methyl/N-ethyl adjacent to an activating group) is 3. The molecule has 3 saturated heterocycles. The van der Waals surface area contributed by atoms with Gasteiger partial charge in [0.25, 0.3) is 17.7 Å². The van der Waals surface area contributed by atoms with Gasteiger partial charge in [-0.25, -0.2) is 14.4 Å². The van der Waals surface area contributed by atoms with Gasteiger partial charge in [-0.3, -0.25) is 24.0 Å². The van der Waals surface area contributed by atoms with Crippen LogP contribution in [0.1, 0.15) is 214 Å². The molecule has 3 spiro atoms. The summed E-state index contributed by atoms with van der Waals surface area (Å²) in [5.74, 6) is -3.96. The fourth-order valence-corrected chi connectivity index (χ4v) is 15.2. The van der Waals surface area contributed by atoms with Crippen molar-refractivity contribution < 1.29 is 111 Å². The van der Waals surface area contributed by atoms with Crippen molar-refractivity contribution in [1.29, 1.82) is 0 Å². The molecular formula is C106H152F9N13O15. The zero-order valence-electron chi connectivity index (χ0n) is 84.1. The number of rotatable bonds is 28. The van der Waals surface area contributed by atoms with Crippen LogP contribution >= 0.6 is 0 Å². The molecule has 3 fully saturated rings. The van der Waals surface area contributed by atoms with Gasteiger partial charge in [0.05, 0.1) is 6.61 Å². The van der Waals surface area contributed by atoms with Crippen molar-refractivity contribution in [3.8, 4) is 17.2 Å². The van der Waals surface area contributed by atoms with Gasteiger partial charge in [-0.05, 0) is 256 Å². The highest BCUT2D eigenvalue weighted by Gasteiger charge is 2.46. The summed E-state index contributed by atoms with van der Waals surface area (Å²) in [7, 11) is 8.13. The van der Waals surface area contributed by atoms with Gasteiger partial charge in [0.2, 0.25) is 0 Å². The summed E-state index contributed by atoms with van der Waals surface area (Å²) in [6.07, 6.45) is -2.33. The standard InChI is InChI=1S/C31H36F3N3O5.C30H39N3O4.C25H31N3O2.C6H11F3N2O.C4H5F3O2.C4H12N2.C4H10O.2CH4/c1-5-36(19-16-35-27(39)31(32,33)34)26(38)22-12-10-21(11-13-22)24-20-30(41-25-9-7-6-8-23(24)25)14-17-37(18-15-30)28(40)42-29(2,3)4;1-29(2,3)37-28(35)33-19-15-30(16-20-33)21-25(24-9-6-7-10-26(24)36-30)22-11-13-23(14-12-22)27(34)31-17-8-18-32(4)5;1-28(2)17-5-14-27-24(29)20-10-8-19(9-11-20)22-18-25(12-15-26-16-13-25)30-23-7-4-3-6-21(22)23;1-2-10-3-4-11-5(12)6(7,8)9;1-2-9-3(8)4(5,6)7;1-2-6-4-3-5;1-3-5-4-2;;/h6-13,20H,5,14-19H2,1-4H3,(H,35,39);6-7,9-14,21H,8,15-20H2,1-5H3,(H,31,34);3-4,6-11,18,26H,5,12-17H2,1-2H3,(H,27,29);10H,2-4H2,1H3,(H,11,12);2H2,1H3;6H,2-5H2,1H3;3-4H2,1-2H3;2*1H4. The number of esters is 1. The first kappa shape index (κ1) is 124. The second-order valence-electron chi connectivity index (χ2n) is 36.3. The van der Waals surface area contributed by atoms with Gasteiger partial charge in [0.15, 0.2) is 0 Å². The van der Waals surface area contributed by atoms with Crippen LogP contribution in [0.4, 0.5) is 49.1 Å². The minimum Gasteiger partial charge on any atom is -0.482 e. The maximum absolute atomic E-state index is 13.1. The van der Waals surface area contributed by atoms with Gasteiger partial charge in [-0.15, -0.1) is 0 Å². The number of likely N-dealkylation sites (tertiary alicyclic amines) is 2. The van der Waals surface area contributed by atoms with E-state index in [4.69, 9.17) is 34.2 Å². The highest BCUT2D eigenvalue weighted by atomic mass is 19.4. The molecule has 0 aromatic heterocycles. The number of piperidine rings is 3. The van der Waals surface area contributed by atoms with Gasteiger partial charge < -0.3 is 101 Å². The highest BCUT2D eigenvalue weighted by molar-refractivity contribution is 5.97. The van der Waals surface area contributed by atoms with Crippen molar-refractivity contribution in [2.45, 2.75) is 196 Å². The Hall–Kier alpha value is -11.6. The Morgan fingerprint density at radius 2 is 0.762 bits per heavy atom. The van der Waals surface area contributed by atoms with E-state index in [2.05, 4.69) is 96.6 Å². The largest absolute Gasteiger partial charge is 0.490 e. The molecule has 6 aromatic carbocycles. The number of carbonyl (C=O) groups excluding carboxylic acids is 8. The molecule has 0 aliphatic carbocycles. The number of ether oxygens (including phenoxy) is 7. The van der Waals surface area contributed by atoms with Crippen molar-refractivity contribution in [1.82, 2.24) is 61.7 Å². The van der Waals surface area contributed by atoms with E-state index in [1.807, 2.05) is 194 Å². The summed E-state index contributed by atoms with van der Waals surface area (Å²) in [6.45, 7) is 34.3. The summed E-state index contributed by atoms with van der Waals surface area (Å²) in [6, 6.07) is 46.8. The van der Waals surface area contributed by atoms with E-state index < -0.39 is 58.7 Å². The summed E-state index contributed by atoms with van der Waals surface area (Å²) >= 11 is 0. The van der Waals surface area contributed by atoms with Gasteiger partial charge in [-0.1, -0.05) is 120 Å². The first-order valence-electron chi connectivity index (χ1n) is 47.9. The summed E-state index contributed by atoms with van der Waals surface area (Å²) < 4.78 is 145. The Balaban J connectivity index is 0.000000387. The number of nitrogens with zero attached hydrogens (tertiary/aromatic N) is 5. The quantitative estimate of drug-likeness (QED) is 0.00979. The molecule has 794 valence electrons. The van der Waals surface area contributed by atoms with Crippen LogP contribution in [0.15, 0.2) is 164 Å². The van der Waals surface area contributed by atoms with Crippen LogP contribution in [0.2, 0.25) is 0 Å². The number of hydrogen-bond acceptors (Lipinski definition) is 21. The third kappa shape index (κ3) is 41.6. The van der Waals surface area contributed by atoms with E-state index in [0.29, 0.717) is 94.7 Å². The number of alkyl halides is 9. The Kier molecular flexibility index (Phi) is 51.5. The fraction of sp³-hybridized carbons (Fsp3) is 0.528. The third-order valence-electron chi connectivity index (χ3n) is 22.3. The molecule has 0 saturated carbocycles. The SMILES string of the molecule is C.C.CCN(CCNC(=O)C(F)(F)F)C(=O)c1ccc(C2=CC3(CCN(C(=O)OC(C)(C)C)CC3)Oc3ccccc32)cc1.CCNCCN.CCNCCNC(=O)C(F)(F)F.CCOC(=O)C(F)(F)F.CCOCC.CN(C)CCCNC(=O)c1ccc(C2=CC3(CCN(C(=O)OC(C)(C)C)CC3)Oc3ccccc32)cc1.CN(C)CCCNC(=O)c1ccc(C2=CC3(CCNCC3)Oc3ccccc32)cc1. The number of amides is 7. The number of carbonyl (C=O) groups is 8. The van der Waals surface area contributed by atoms with Crippen molar-refractivity contribution >= 4 is 64.4 Å².